The van der Waals surface area contributed by atoms with Crippen LogP contribution in [0.25, 0.3) is 6.08 Å². The first-order valence-electron chi connectivity index (χ1n) is 6.77. The van der Waals surface area contributed by atoms with Gasteiger partial charge in [-0.2, -0.15) is 0 Å². The highest BCUT2D eigenvalue weighted by Crippen LogP contribution is 2.62. The Morgan fingerprint density at radius 3 is 2.64 bits per heavy atom. The molecule has 0 spiro atoms. The molecule has 0 aliphatic heterocycles. The third-order valence-corrected chi connectivity index (χ3v) is 7.90. The lowest BCUT2D eigenvalue weighted by Crippen LogP contribution is -1.99. The van der Waals surface area contributed by atoms with Gasteiger partial charge in [-0.15, -0.1) is 0 Å². The maximum absolute atomic E-state index is 12.8. The highest BCUT2D eigenvalue weighted by molar-refractivity contribution is 9.10. The summed E-state index contributed by atoms with van der Waals surface area (Å²) in [7, 11) is 0. The summed E-state index contributed by atoms with van der Waals surface area (Å²) in [5.74, 6) is 0.936. The zero-order chi connectivity index (χ0) is 16.8. The Balaban J connectivity index is 3.29. The Hall–Kier alpha value is 0.360. The second kappa shape index (κ2) is 9.61. The van der Waals surface area contributed by atoms with E-state index >= 15 is 0 Å². The first kappa shape index (κ1) is 20.4. The van der Waals surface area contributed by atoms with Gasteiger partial charge in [-0.3, -0.25) is 4.52 Å². The standard InChI is InChI=1S/C14H18BrCl2O3PS/c1-4-7-10-13(17)11(15)9-12(16)14(10)20-21(18,19-6-3)22-8-5-2/h4,7,9H,5-6,8H2,1-3H3. The van der Waals surface area contributed by atoms with Gasteiger partial charge in [0, 0.05) is 15.8 Å². The minimum absolute atomic E-state index is 0.272. The average Bonchev–Trinajstić information content (AvgIpc) is 2.47. The van der Waals surface area contributed by atoms with Crippen LogP contribution in [0.1, 0.15) is 32.8 Å². The zero-order valence-corrected chi connectivity index (χ0v) is 17.4. The van der Waals surface area contributed by atoms with E-state index < -0.39 is 6.80 Å². The molecule has 0 aliphatic rings. The normalized spacial score (nSPS) is 14.3. The van der Waals surface area contributed by atoms with E-state index in [-0.39, 0.29) is 12.4 Å². The molecular formula is C14H18BrCl2O3PS. The maximum atomic E-state index is 12.8. The number of allylic oxidation sites excluding steroid dienone is 1. The van der Waals surface area contributed by atoms with Gasteiger partial charge in [-0.25, -0.2) is 4.57 Å². The van der Waals surface area contributed by atoms with Crippen molar-refractivity contribution in [3.05, 3.63) is 32.2 Å². The molecular weight excluding hydrogens is 430 g/mol. The van der Waals surface area contributed by atoms with Crippen molar-refractivity contribution < 1.29 is 13.6 Å². The molecule has 124 valence electrons. The van der Waals surface area contributed by atoms with Crippen LogP contribution in [-0.2, 0) is 9.09 Å². The molecule has 0 heterocycles. The van der Waals surface area contributed by atoms with E-state index in [4.69, 9.17) is 32.2 Å². The van der Waals surface area contributed by atoms with Gasteiger partial charge in [-0.1, -0.05) is 42.3 Å². The third-order valence-electron chi connectivity index (χ3n) is 2.44. The van der Waals surface area contributed by atoms with E-state index in [1.165, 1.54) is 0 Å². The van der Waals surface area contributed by atoms with Gasteiger partial charge in [0.2, 0.25) is 0 Å². The Morgan fingerprint density at radius 1 is 1.41 bits per heavy atom. The minimum Gasteiger partial charge on any atom is -0.415 e. The monoisotopic (exact) mass is 446 g/mol. The molecule has 0 bridgehead atoms. The fourth-order valence-corrected chi connectivity index (χ4v) is 6.11. The average molecular weight is 448 g/mol. The van der Waals surface area contributed by atoms with Crippen molar-refractivity contribution in [3.63, 3.8) is 0 Å². The summed E-state index contributed by atoms with van der Waals surface area (Å²) in [6.07, 6.45) is 4.43. The lowest BCUT2D eigenvalue weighted by Gasteiger charge is -2.20. The molecule has 0 radical (unpaired) electrons. The minimum atomic E-state index is -3.35. The summed E-state index contributed by atoms with van der Waals surface area (Å²) < 4.78 is 24.5. The summed E-state index contributed by atoms with van der Waals surface area (Å²) in [5, 5.41) is 0.766. The van der Waals surface area contributed by atoms with Crippen LogP contribution in [0.15, 0.2) is 16.6 Å². The van der Waals surface area contributed by atoms with E-state index in [1.54, 1.807) is 19.1 Å². The van der Waals surface area contributed by atoms with Crippen LogP contribution in [-0.4, -0.2) is 12.4 Å². The van der Waals surface area contributed by atoms with Crippen molar-refractivity contribution in [1.29, 1.82) is 0 Å². The number of hydrogen-bond acceptors (Lipinski definition) is 4. The van der Waals surface area contributed by atoms with Crippen LogP contribution in [0, 0.1) is 0 Å². The van der Waals surface area contributed by atoms with Gasteiger partial charge >= 0.3 is 6.80 Å². The summed E-state index contributed by atoms with van der Waals surface area (Å²) >= 11 is 17.0. The largest absolute Gasteiger partial charge is 0.440 e. The fourth-order valence-electron chi connectivity index (χ4n) is 1.57. The van der Waals surface area contributed by atoms with Gasteiger partial charge in [0.25, 0.3) is 0 Å². The van der Waals surface area contributed by atoms with Crippen LogP contribution in [0.3, 0.4) is 0 Å². The summed E-state index contributed by atoms with van der Waals surface area (Å²) in [6.45, 7) is 2.56. The highest BCUT2D eigenvalue weighted by Gasteiger charge is 2.29. The second-order valence-electron chi connectivity index (χ2n) is 4.19. The molecule has 1 aromatic rings. The molecule has 22 heavy (non-hydrogen) atoms. The predicted molar refractivity (Wildman–Crippen MR) is 101 cm³/mol. The lowest BCUT2D eigenvalue weighted by atomic mass is 10.2. The van der Waals surface area contributed by atoms with E-state index in [2.05, 4.69) is 15.9 Å². The molecule has 1 aromatic carbocycles. The van der Waals surface area contributed by atoms with Crippen LogP contribution >= 0.6 is 57.3 Å². The van der Waals surface area contributed by atoms with Gasteiger partial charge < -0.3 is 4.52 Å². The lowest BCUT2D eigenvalue weighted by molar-refractivity contribution is 0.296. The molecule has 0 N–H and O–H groups in total. The molecule has 0 fully saturated rings. The van der Waals surface area contributed by atoms with Crippen molar-refractivity contribution in [2.75, 3.05) is 12.4 Å². The molecule has 0 amide bonds. The summed E-state index contributed by atoms with van der Waals surface area (Å²) in [5.41, 5.74) is 0.570. The van der Waals surface area contributed by atoms with Crippen LogP contribution < -0.4 is 4.52 Å². The Morgan fingerprint density at radius 2 is 2.09 bits per heavy atom. The maximum Gasteiger partial charge on any atom is 0.440 e. The number of rotatable bonds is 8. The first-order chi connectivity index (χ1) is 10.4. The van der Waals surface area contributed by atoms with E-state index in [1.807, 2.05) is 19.9 Å². The highest BCUT2D eigenvalue weighted by atomic mass is 79.9. The fraction of sp³-hybridized carbons (Fsp3) is 0.429. The molecule has 8 heteroatoms. The molecule has 0 aromatic heterocycles. The smallest absolute Gasteiger partial charge is 0.415 e. The van der Waals surface area contributed by atoms with Crippen LogP contribution in [0.5, 0.6) is 5.75 Å². The quantitative estimate of drug-likeness (QED) is 0.306. The van der Waals surface area contributed by atoms with E-state index in [9.17, 15) is 4.57 Å². The molecule has 1 rings (SSSR count). The molecule has 1 unspecified atom stereocenters. The van der Waals surface area contributed by atoms with Gasteiger partial charge in [0.1, 0.15) is 0 Å². The van der Waals surface area contributed by atoms with E-state index in [0.717, 1.165) is 17.8 Å². The predicted octanol–water partition coefficient (Wildman–Crippen LogP) is 7.46. The molecule has 0 saturated heterocycles. The van der Waals surface area contributed by atoms with Crippen molar-refractivity contribution in [1.82, 2.24) is 0 Å². The number of benzene rings is 1. The third kappa shape index (κ3) is 5.47. The number of halogens is 3. The van der Waals surface area contributed by atoms with Crippen LogP contribution in [0.4, 0.5) is 0 Å². The van der Waals surface area contributed by atoms with Gasteiger partial charge in [0.15, 0.2) is 5.75 Å². The van der Waals surface area contributed by atoms with Crippen molar-refractivity contribution >= 4 is 63.4 Å². The molecule has 1 atom stereocenters. The first-order valence-corrected chi connectivity index (χ1v) is 11.5. The number of hydrogen-bond donors (Lipinski definition) is 0. The Bertz CT molecular complexity index is 596. The van der Waals surface area contributed by atoms with E-state index in [0.29, 0.717) is 25.8 Å². The van der Waals surface area contributed by atoms with Gasteiger partial charge in [-0.05, 0) is 53.6 Å². The molecule has 0 saturated carbocycles. The SMILES string of the molecule is CC=Cc1c(Cl)c(Br)cc(Cl)c1OP(=O)(OCC)SCCC. The molecule has 3 nitrogen and oxygen atoms in total. The summed E-state index contributed by atoms with van der Waals surface area (Å²) in [4.78, 5) is 0. The Labute approximate surface area is 154 Å². The van der Waals surface area contributed by atoms with Crippen LogP contribution in [0.2, 0.25) is 10.0 Å². The Kier molecular flexibility index (Phi) is 8.91. The van der Waals surface area contributed by atoms with Crippen molar-refractivity contribution in [3.8, 4) is 5.75 Å². The summed E-state index contributed by atoms with van der Waals surface area (Å²) in [6, 6.07) is 1.62. The van der Waals surface area contributed by atoms with Crippen molar-refractivity contribution in [2.45, 2.75) is 27.2 Å². The second-order valence-corrected chi connectivity index (χ2v) is 9.94. The van der Waals surface area contributed by atoms with Crippen molar-refractivity contribution in [2.24, 2.45) is 0 Å². The molecule has 0 aliphatic carbocycles. The van der Waals surface area contributed by atoms with Gasteiger partial charge in [0.05, 0.1) is 16.7 Å². The zero-order valence-electron chi connectivity index (χ0n) is 12.6. The topological polar surface area (TPSA) is 35.5 Å².